The summed E-state index contributed by atoms with van der Waals surface area (Å²) in [5, 5.41) is 0.694. The van der Waals surface area contributed by atoms with Crippen molar-refractivity contribution in [2.24, 2.45) is 5.84 Å². The molecule has 2 aromatic rings. The van der Waals surface area contributed by atoms with E-state index in [0.717, 1.165) is 16.9 Å². The zero-order valence-electron chi connectivity index (χ0n) is 13.0. The van der Waals surface area contributed by atoms with E-state index in [1.165, 1.54) is 0 Å². The molecule has 1 aliphatic rings. The van der Waals surface area contributed by atoms with Crippen molar-refractivity contribution in [1.29, 1.82) is 0 Å². The van der Waals surface area contributed by atoms with Crippen LogP contribution in [-0.4, -0.2) is 11.9 Å². The van der Waals surface area contributed by atoms with Gasteiger partial charge >= 0.3 is 0 Å². The molecule has 7 heteroatoms. The van der Waals surface area contributed by atoms with Crippen LogP contribution in [0, 0.1) is 0 Å². The maximum Gasteiger partial charge on any atom is 0.252 e. The second-order valence-corrected chi connectivity index (χ2v) is 5.99. The number of hydrogen-bond donors (Lipinski definition) is 4. The van der Waals surface area contributed by atoms with Crippen molar-refractivity contribution in [2.45, 2.75) is 25.1 Å². The largest absolute Gasteiger partial charge is 0.489 e. The summed E-state index contributed by atoms with van der Waals surface area (Å²) in [5.74, 6) is 5.69. The van der Waals surface area contributed by atoms with E-state index >= 15 is 0 Å². The fourth-order valence-electron chi connectivity index (χ4n) is 2.62. The maximum absolute atomic E-state index is 11.5. The van der Waals surface area contributed by atoms with E-state index in [-0.39, 0.29) is 18.0 Å². The average molecular weight is 347 g/mol. The first-order valence-corrected chi connectivity index (χ1v) is 8.03. The van der Waals surface area contributed by atoms with Gasteiger partial charge in [-0.3, -0.25) is 10.2 Å². The van der Waals surface area contributed by atoms with Gasteiger partial charge in [-0.15, -0.1) is 0 Å². The lowest BCUT2D eigenvalue weighted by Crippen LogP contribution is -2.45. The number of halogens is 1. The van der Waals surface area contributed by atoms with Gasteiger partial charge in [0.2, 0.25) is 0 Å². The van der Waals surface area contributed by atoms with Gasteiger partial charge in [0.15, 0.2) is 0 Å². The number of hydrazine groups is 2. The number of benzene rings is 2. The third-order valence-electron chi connectivity index (χ3n) is 4.00. The van der Waals surface area contributed by atoms with Crippen LogP contribution in [0.3, 0.4) is 0 Å². The van der Waals surface area contributed by atoms with Crippen LogP contribution in [-0.2, 0) is 11.4 Å². The Labute approximate surface area is 145 Å². The third kappa shape index (κ3) is 3.85. The zero-order chi connectivity index (χ0) is 16.9. The van der Waals surface area contributed by atoms with Crippen LogP contribution < -0.4 is 26.9 Å². The van der Waals surface area contributed by atoms with Gasteiger partial charge in [-0.05, 0) is 30.2 Å². The van der Waals surface area contributed by atoms with Gasteiger partial charge in [-0.25, -0.2) is 16.7 Å². The Morgan fingerprint density at radius 1 is 1.21 bits per heavy atom. The van der Waals surface area contributed by atoms with E-state index in [1.54, 1.807) is 0 Å². The quantitative estimate of drug-likeness (QED) is 0.377. The van der Waals surface area contributed by atoms with E-state index in [9.17, 15) is 4.79 Å². The number of rotatable bonds is 5. The van der Waals surface area contributed by atoms with Crippen molar-refractivity contribution in [1.82, 2.24) is 16.3 Å². The van der Waals surface area contributed by atoms with Gasteiger partial charge in [0.05, 0.1) is 0 Å². The summed E-state index contributed by atoms with van der Waals surface area (Å²) < 4.78 is 5.77. The van der Waals surface area contributed by atoms with Crippen molar-refractivity contribution in [3.8, 4) is 5.75 Å². The van der Waals surface area contributed by atoms with E-state index < -0.39 is 0 Å². The van der Waals surface area contributed by atoms with Crippen molar-refractivity contribution < 1.29 is 9.53 Å². The van der Waals surface area contributed by atoms with E-state index in [1.807, 2.05) is 48.5 Å². The van der Waals surface area contributed by atoms with Crippen LogP contribution in [0.2, 0.25) is 5.02 Å². The monoisotopic (exact) mass is 346 g/mol. The second kappa shape index (κ2) is 7.63. The van der Waals surface area contributed by atoms with Crippen molar-refractivity contribution in [3.05, 3.63) is 64.7 Å². The van der Waals surface area contributed by atoms with Crippen molar-refractivity contribution >= 4 is 17.5 Å². The summed E-state index contributed by atoms with van der Waals surface area (Å²) in [6, 6.07) is 15.1. The molecule has 2 aromatic carbocycles. The summed E-state index contributed by atoms with van der Waals surface area (Å²) in [5.41, 5.74) is 10.2. The van der Waals surface area contributed by atoms with E-state index in [2.05, 4.69) is 16.3 Å². The standard InChI is InChI=1S/C17H19ClN4O2/c18-14-4-2-1-3-12(14)10-24-13-7-5-11(6-8-13)15-9-16(22-21-15)17(23)20-19/h1-8,15-16,21-22H,9-10,19H2,(H,20,23). The van der Waals surface area contributed by atoms with Crippen LogP contribution >= 0.6 is 11.6 Å². The first kappa shape index (κ1) is 16.7. The van der Waals surface area contributed by atoms with Gasteiger partial charge in [0.25, 0.3) is 5.91 Å². The average Bonchev–Trinajstić information content (AvgIpc) is 3.11. The molecule has 1 saturated heterocycles. The number of carbonyl (C=O) groups is 1. The Kier molecular flexibility index (Phi) is 5.32. The topological polar surface area (TPSA) is 88.4 Å². The number of amides is 1. The Morgan fingerprint density at radius 2 is 1.96 bits per heavy atom. The molecule has 1 heterocycles. The Balaban J connectivity index is 1.58. The number of nitrogens with two attached hydrogens (primary N) is 1. The molecule has 5 N–H and O–H groups in total. The smallest absolute Gasteiger partial charge is 0.252 e. The summed E-state index contributed by atoms with van der Waals surface area (Å²) >= 11 is 6.12. The van der Waals surface area contributed by atoms with Crippen LogP contribution in [0.15, 0.2) is 48.5 Å². The number of nitrogens with one attached hydrogen (secondary N) is 3. The molecule has 2 atom stereocenters. The summed E-state index contributed by atoms with van der Waals surface area (Å²) in [6.45, 7) is 0.418. The lowest BCUT2D eigenvalue weighted by molar-refractivity contribution is -0.122. The SMILES string of the molecule is NNC(=O)C1CC(c2ccc(OCc3ccccc3Cl)cc2)NN1. The van der Waals surface area contributed by atoms with Gasteiger partial charge in [-0.1, -0.05) is 41.9 Å². The summed E-state index contributed by atoms with van der Waals surface area (Å²) in [6.07, 6.45) is 0.628. The lowest BCUT2D eigenvalue weighted by atomic mass is 10.0. The first-order chi connectivity index (χ1) is 11.7. The summed E-state index contributed by atoms with van der Waals surface area (Å²) in [7, 11) is 0. The highest BCUT2D eigenvalue weighted by Crippen LogP contribution is 2.25. The molecule has 1 aliphatic heterocycles. The van der Waals surface area contributed by atoms with Crippen molar-refractivity contribution in [2.75, 3.05) is 0 Å². The predicted molar refractivity (Wildman–Crippen MR) is 92.0 cm³/mol. The number of carbonyl (C=O) groups excluding carboxylic acids is 1. The highest BCUT2D eigenvalue weighted by molar-refractivity contribution is 6.31. The molecule has 0 aliphatic carbocycles. The molecule has 2 unspecified atom stereocenters. The molecule has 3 rings (SSSR count). The highest BCUT2D eigenvalue weighted by atomic mass is 35.5. The van der Waals surface area contributed by atoms with Crippen LogP contribution in [0.4, 0.5) is 0 Å². The minimum absolute atomic E-state index is 0.0462. The molecule has 126 valence electrons. The summed E-state index contributed by atoms with van der Waals surface area (Å²) in [4.78, 5) is 11.5. The Morgan fingerprint density at radius 3 is 2.67 bits per heavy atom. The normalized spacial score (nSPS) is 19.9. The molecule has 0 radical (unpaired) electrons. The van der Waals surface area contributed by atoms with Crippen LogP contribution in [0.1, 0.15) is 23.6 Å². The Bertz CT molecular complexity index is 708. The minimum atomic E-state index is -0.337. The van der Waals surface area contributed by atoms with Crippen LogP contribution in [0.5, 0.6) is 5.75 Å². The Hall–Kier alpha value is -2.12. The van der Waals surface area contributed by atoms with Crippen molar-refractivity contribution in [3.63, 3.8) is 0 Å². The van der Waals surface area contributed by atoms with Gasteiger partial charge in [0.1, 0.15) is 18.4 Å². The molecule has 0 spiro atoms. The molecular formula is C17H19ClN4O2. The third-order valence-corrected chi connectivity index (χ3v) is 4.37. The molecule has 0 saturated carbocycles. The molecule has 6 nitrogen and oxygen atoms in total. The van der Waals surface area contributed by atoms with Gasteiger partial charge < -0.3 is 4.74 Å². The highest BCUT2D eigenvalue weighted by Gasteiger charge is 2.29. The second-order valence-electron chi connectivity index (χ2n) is 5.59. The van der Waals surface area contributed by atoms with E-state index in [4.69, 9.17) is 22.2 Å². The minimum Gasteiger partial charge on any atom is -0.489 e. The van der Waals surface area contributed by atoms with E-state index in [0.29, 0.717) is 18.1 Å². The molecule has 24 heavy (non-hydrogen) atoms. The van der Waals surface area contributed by atoms with Crippen LogP contribution in [0.25, 0.3) is 0 Å². The zero-order valence-corrected chi connectivity index (χ0v) is 13.7. The molecule has 1 fully saturated rings. The fraction of sp³-hybridized carbons (Fsp3) is 0.235. The molecule has 0 bridgehead atoms. The van der Waals surface area contributed by atoms with Gasteiger partial charge in [0, 0.05) is 16.6 Å². The fourth-order valence-corrected chi connectivity index (χ4v) is 2.81. The molecule has 0 aromatic heterocycles. The predicted octanol–water partition coefficient (Wildman–Crippen LogP) is 1.82. The number of hydrogen-bond acceptors (Lipinski definition) is 5. The first-order valence-electron chi connectivity index (χ1n) is 7.65. The number of ether oxygens (including phenoxy) is 1. The molecular weight excluding hydrogens is 328 g/mol. The lowest BCUT2D eigenvalue weighted by Gasteiger charge is -2.12. The molecule has 1 amide bonds. The van der Waals surface area contributed by atoms with Gasteiger partial charge in [-0.2, -0.15) is 0 Å². The maximum atomic E-state index is 11.5.